The molecule has 0 aromatic rings. The maximum atomic E-state index is 11.5. The van der Waals surface area contributed by atoms with Gasteiger partial charge in [-0.2, -0.15) is 0 Å². The first kappa shape index (κ1) is 14.4. The average Bonchev–Trinajstić information content (AvgIpc) is 2.01. The molecule has 4 nitrogen and oxygen atoms in total. The first-order chi connectivity index (χ1) is 6.48. The van der Waals surface area contributed by atoms with Crippen LogP contribution in [0.15, 0.2) is 0 Å². The van der Waals surface area contributed by atoms with Crippen LogP contribution in [-0.2, 0) is 13.7 Å². The predicted octanol–water partition coefficient (Wildman–Crippen LogP) is 2.92. The quantitative estimate of drug-likeness (QED) is 0.525. The fourth-order valence-corrected chi connectivity index (χ4v) is 3.92. The summed E-state index contributed by atoms with van der Waals surface area (Å²) in [6.45, 7) is 3.97. The molecule has 14 heavy (non-hydrogen) atoms. The molecular weight excluding hydrogens is 222 g/mol. The molecule has 0 saturated heterocycles. The van der Waals surface area contributed by atoms with Gasteiger partial charge in [0.25, 0.3) is 0 Å². The Morgan fingerprint density at radius 1 is 1.36 bits per heavy atom. The second-order valence-corrected chi connectivity index (χ2v) is 7.80. The minimum atomic E-state index is -2.81. The van der Waals surface area contributed by atoms with Crippen molar-refractivity contribution in [1.29, 1.82) is 0 Å². The van der Waals surface area contributed by atoms with Gasteiger partial charge in [-0.25, -0.2) is 0 Å². The average molecular weight is 242 g/mol. The van der Waals surface area contributed by atoms with Crippen LogP contribution in [0.4, 0.5) is 0 Å². The maximum Gasteiger partial charge on any atom is 0.209 e. The Labute approximate surface area is 86.4 Å². The molecule has 0 saturated carbocycles. The summed E-state index contributed by atoms with van der Waals surface area (Å²) in [6, 6.07) is 0. The zero-order valence-corrected chi connectivity index (χ0v) is 10.8. The van der Waals surface area contributed by atoms with Crippen molar-refractivity contribution in [2.45, 2.75) is 32.6 Å². The Hall–Kier alpha value is 0.380. The van der Waals surface area contributed by atoms with Gasteiger partial charge in [-0.15, -0.1) is 0 Å². The molecule has 0 fully saturated rings. The van der Waals surface area contributed by atoms with E-state index in [0.717, 1.165) is 25.7 Å². The summed E-state index contributed by atoms with van der Waals surface area (Å²) in [5.41, 5.74) is 0. The molecule has 2 atom stereocenters. The first-order valence-electron chi connectivity index (χ1n) is 4.91. The SMILES string of the molecule is CCCCCCOP(C)(=O)C[PH](=O)O. The summed E-state index contributed by atoms with van der Waals surface area (Å²) in [5, 5.41) is 0. The Balaban J connectivity index is 3.56. The minimum Gasteiger partial charge on any atom is -0.346 e. The standard InChI is InChI=1S/C8H20O4P2/c1-3-4-5-6-7-12-14(2,11)8-13(9)10/h13H,3-8H2,1-2H3,(H,9,10). The van der Waals surface area contributed by atoms with Gasteiger partial charge >= 0.3 is 0 Å². The van der Waals surface area contributed by atoms with Gasteiger partial charge in [0.2, 0.25) is 7.37 Å². The van der Waals surface area contributed by atoms with E-state index in [4.69, 9.17) is 9.42 Å². The molecule has 0 rings (SSSR count). The molecule has 0 aromatic carbocycles. The van der Waals surface area contributed by atoms with Gasteiger partial charge in [-0.05, 0) is 6.42 Å². The van der Waals surface area contributed by atoms with E-state index < -0.39 is 15.4 Å². The maximum absolute atomic E-state index is 11.5. The van der Waals surface area contributed by atoms with Crippen LogP contribution < -0.4 is 0 Å². The van der Waals surface area contributed by atoms with Crippen molar-refractivity contribution < 1.29 is 18.5 Å². The van der Waals surface area contributed by atoms with E-state index in [9.17, 15) is 9.13 Å². The van der Waals surface area contributed by atoms with Crippen LogP contribution in [0.25, 0.3) is 0 Å². The van der Waals surface area contributed by atoms with Crippen LogP contribution in [0.1, 0.15) is 32.6 Å². The zero-order chi connectivity index (χ0) is 11.0. The Bertz CT molecular complexity index is 217. The van der Waals surface area contributed by atoms with Crippen LogP contribution in [0.2, 0.25) is 0 Å². The molecule has 0 aliphatic rings. The van der Waals surface area contributed by atoms with Gasteiger partial charge in [-0.1, -0.05) is 26.2 Å². The molecule has 0 aliphatic carbocycles. The second-order valence-electron chi connectivity index (χ2n) is 3.46. The fraction of sp³-hybridized carbons (Fsp3) is 1.00. The van der Waals surface area contributed by atoms with Gasteiger partial charge < -0.3 is 9.42 Å². The van der Waals surface area contributed by atoms with E-state index in [1.165, 1.54) is 6.66 Å². The lowest BCUT2D eigenvalue weighted by Crippen LogP contribution is -1.94. The normalized spacial score (nSPS) is 17.6. The van der Waals surface area contributed by atoms with E-state index in [2.05, 4.69) is 6.92 Å². The van der Waals surface area contributed by atoms with Crippen LogP contribution in [0.3, 0.4) is 0 Å². The van der Waals surface area contributed by atoms with Crippen molar-refractivity contribution in [3.05, 3.63) is 0 Å². The van der Waals surface area contributed by atoms with Crippen molar-refractivity contribution in [1.82, 2.24) is 0 Å². The highest BCUT2D eigenvalue weighted by molar-refractivity contribution is 7.68. The smallest absolute Gasteiger partial charge is 0.209 e. The summed E-state index contributed by atoms with van der Waals surface area (Å²) in [6.07, 6.45) is 4.23. The number of hydrogen-bond donors (Lipinski definition) is 1. The molecule has 1 N–H and O–H groups in total. The summed E-state index contributed by atoms with van der Waals surface area (Å²) in [4.78, 5) is 8.62. The first-order valence-corrected chi connectivity index (χ1v) is 8.73. The molecule has 0 aliphatic heterocycles. The highest BCUT2D eigenvalue weighted by Gasteiger charge is 2.18. The highest BCUT2D eigenvalue weighted by Crippen LogP contribution is 2.48. The third-order valence-corrected chi connectivity index (χ3v) is 5.89. The largest absolute Gasteiger partial charge is 0.346 e. The third kappa shape index (κ3) is 8.96. The van der Waals surface area contributed by atoms with E-state index in [1.807, 2.05) is 0 Å². The van der Waals surface area contributed by atoms with Gasteiger partial charge in [0, 0.05) is 6.66 Å². The van der Waals surface area contributed by atoms with Crippen molar-refractivity contribution >= 4 is 15.4 Å². The number of rotatable bonds is 8. The molecule has 2 unspecified atom stereocenters. The monoisotopic (exact) mass is 242 g/mol. The van der Waals surface area contributed by atoms with E-state index in [0.29, 0.717) is 6.61 Å². The number of unbranched alkanes of at least 4 members (excludes halogenated alkanes) is 3. The zero-order valence-electron chi connectivity index (χ0n) is 8.86. The van der Waals surface area contributed by atoms with Crippen molar-refractivity contribution in [3.8, 4) is 0 Å². The van der Waals surface area contributed by atoms with Crippen molar-refractivity contribution in [3.63, 3.8) is 0 Å². The number of hydrogen-bond acceptors (Lipinski definition) is 3. The lowest BCUT2D eigenvalue weighted by molar-refractivity contribution is 0.307. The molecule has 6 heteroatoms. The van der Waals surface area contributed by atoms with Crippen LogP contribution in [0.5, 0.6) is 0 Å². The van der Waals surface area contributed by atoms with Crippen LogP contribution in [-0.4, -0.2) is 24.1 Å². The Kier molecular flexibility index (Phi) is 7.85. The fourth-order valence-electron chi connectivity index (χ4n) is 1.08. The molecule has 0 aromatic heterocycles. The molecule has 0 amide bonds. The summed E-state index contributed by atoms with van der Waals surface area (Å²) in [5.74, 6) is -0.189. The van der Waals surface area contributed by atoms with Crippen molar-refractivity contribution in [2.24, 2.45) is 0 Å². The summed E-state index contributed by atoms with van der Waals surface area (Å²) >= 11 is 0. The minimum absolute atomic E-state index is 0.189. The van der Waals surface area contributed by atoms with Gasteiger partial charge in [0.1, 0.15) is 0 Å². The molecule has 86 valence electrons. The third-order valence-electron chi connectivity index (χ3n) is 1.78. The molecule has 0 heterocycles. The van der Waals surface area contributed by atoms with Crippen LogP contribution >= 0.6 is 15.4 Å². The van der Waals surface area contributed by atoms with Gasteiger partial charge in [0.15, 0.2) is 8.03 Å². The van der Waals surface area contributed by atoms with Gasteiger partial charge in [-0.3, -0.25) is 9.13 Å². The molecule has 0 radical (unpaired) electrons. The lowest BCUT2D eigenvalue weighted by atomic mass is 10.2. The highest BCUT2D eigenvalue weighted by atomic mass is 31.2. The summed E-state index contributed by atoms with van der Waals surface area (Å²) < 4.78 is 27.1. The lowest BCUT2D eigenvalue weighted by Gasteiger charge is -2.11. The van der Waals surface area contributed by atoms with E-state index >= 15 is 0 Å². The Morgan fingerprint density at radius 2 is 2.00 bits per heavy atom. The topological polar surface area (TPSA) is 63.6 Å². The second kappa shape index (κ2) is 7.64. The van der Waals surface area contributed by atoms with Crippen molar-refractivity contribution in [2.75, 3.05) is 19.2 Å². The Morgan fingerprint density at radius 3 is 2.50 bits per heavy atom. The molecular formula is C8H20O4P2. The summed E-state index contributed by atoms with van der Waals surface area (Å²) in [7, 11) is -5.49. The van der Waals surface area contributed by atoms with E-state index in [-0.39, 0.29) is 5.90 Å². The molecule has 0 bridgehead atoms. The van der Waals surface area contributed by atoms with E-state index in [1.54, 1.807) is 0 Å². The predicted molar refractivity (Wildman–Crippen MR) is 59.7 cm³/mol. The molecule has 0 spiro atoms. The van der Waals surface area contributed by atoms with Gasteiger partial charge in [0.05, 0.1) is 12.5 Å². The van der Waals surface area contributed by atoms with Crippen LogP contribution in [0, 0.1) is 0 Å².